The zero-order valence-electron chi connectivity index (χ0n) is 20.4. The number of ether oxygens (including phenoxy) is 1. The molecule has 4 atom stereocenters. The number of piperazine rings is 1. The number of likely N-dealkylation sites (tertiary alicyclic amines) is 2. The van der Waals surface area contributed by atoms with E-state index in [1.807, 2.05) is 4.90 Å². The standard InChI is InChI=1S/C22H32F5N7O3/c1-12(31-14-9-30-32-20(35)18(14)22(25,26)27)11-37-16-4-7-34(21(16)36)13-2-5-33(6-3-13)17-10-28-15(8-29-17)19(23)24/h9,12-13,15-17,19,28-29H,2-8,10-11H2,1H3,(H2,31,32,35)/t12-,15?,16+,17?/m0/s1. The first-order valence-corrected chi connectivity index (χ1v) is 12.4. The topological polar surface area (TPSA) is 115 Å². The van der Waals surface area contributed by atoms with Gasteiger partial charge in [0.2, 0.25) is 0 Å². The highest BCUT2D eigenvalue weighted by Crippen LogP contribution is 2.32. The number of alkyl halides is 5. The van der Waals surface area contributed by atoms with Crippen LogP contribution in [0.25, 0.3) is 0 Å². The molecule has 3 saturated heterocycles. The number of aromatic amines is 1. The average Bonchev–Trinajstić information content (AvgIpc) is 3.22. The van der Waals surface area contributed by atoms with E-state index in [0.29, 0.717) is 19.5 Å². The summed E-state index contributed by atoms with van der Waals surface area (Å²) in [5.74, 6) is -0.142. The SMILES string of the molecule is C[C@@H](CO[C@@H]1CCN(C2CCN(C3CNC(C(F)F)CN3)CC2)C1=O)Nc1cn[nH]c(=O)c1C(F)(F)F. The number of nitrogens with one attached hydrogen (secondary N) is 4. The molecule has 37 heavy (non-hydrogen) atoms. The van der Waals surface area contributed by atoms with Gasteiger partial charge in [-0.05, 0) is 19.8 Å². The van der Waals surface area contributed by atoms with Crippen LogP contribution >= 0.6 is 0 Å². The molecule has 0 aliphatic carbocycles. The monoisotopic (exact) mass is 537 g/mol. The van der Waals surface area contributed by atoms with Crippen molar-refractivity contribution in [1.82, 2.24) is 30.6 Å². The minimum Gasteiger partial charge on any atom is -0.378 e. The second-order valence-corrected chi connectivity index (χ2v) is 9.71. The summed E-state index contributed by atoms with van der Waals surface area (Å²) < 4.78 is 71.1. The van der Waals surface area contributed by atoms with Crippen LogP contribution in [0.2, 0.25) is 0 Å². The van der Waals surface area contributed by atoms with Crippen LogP contribution in [0.3, 0.4) is 0 Å². The van der Waals surface area contributed by atoms with E-state index in [1.54, 1.807) is 12.0 Å². The van der Waals surface area contributed by atoms with Crippen molar-refractivity contribution in [3.8, 4) is 0 Å². The zero-order valence-corrected chi connectivity index (χ0v) is 20.4. The number of hydrogen-bond donors (Lipinski definition) is 4. The maximum Gasteiger partial charge on any atom is 0.423 e. The third kappa shape index (κ3) is 6.56. The van der Waals surface area contributed by atoms with Crippen molar-refractivity contribution in [1.29, 1.82) is 0 Å². The summed E-state index contributed by atoms with van der Waals surface area (Å²) in [6.45, 7) is 4.18. The number of carbonyl (C=O) groups is 1. The number of rotatable bonds is 8. The van der Waals surface area contributed by atoms with Crippen molar-refractivity contribution in [3.05, 3.63) is 22.1 Å². The fourth-order valence-corrected chi connectivity index (χ4v) is 5.16. The Hall–Kier alpha value is -2.36. The van der Waals surface area contributed by atoms with E-state index in [2.05, 4.69) is 25.9 Å². The van der Waals surface area contributed by atoms with Gasteiger partial charge in [0.15, 0.2) is 0 Å². The van der Waals surface area contributed by atoms with Crippen molar-refractivity contribution in [2.75, 3.05) is 44.6 Å². The number of aromatic nitrogens is 2. The summed E-state index contributed by atoms with van der Waals surface area (Å²) in [6.07, 6.45) is -5.09. The van der Waals surface area contributed by atoms with Gasteiger partial charge in [-0.25, -0.2) is 13.9 Å². The van der Waals surface area contributed by atoms with Gasteiger partial charge in [0.05, 0.1) is 30.7 Å². The van der Waals surface area contributed by atoms with Crippen LogP contribution in [0.15, 0.2) is 11.0 Å². The van der Waals surface area contributed by atoms with Gasteiger partial charge in [-0.2, -0.15) is 18.3 Å². The van der Waals surface area contributed by atoms with Crippen LogP contribution in [0.5, 0.6) is 0 Å². The Kier molecular flexibility index (Phi) is 8.66. The Morgan fingerprint density at radius 2 is 1.86 bits per heavy atom. The van der Waals surface area contributed by atoms with Gasteiger partial charge in [0.25, 0.3) is 17.9 Å². The van der Waals surface area contributed by atoms with Crippen molar-refractivity contribution in [2.45, 2.75) is 69.2 Å². The van der Waals surface area contributed by atoms with Gasteiger partial charge in [-0.3, -0.25) is 19.8 Å². The molecular formula is C22H32F5N7O3. The molecule has 0 radical (unpaired) electrons. The first-order valence-electron chi connectivity index (χ1n) is 12.4. The Bertz CT molecular complexity index is 978. The number of H-pyrrole nitrogens is 1. The van der Waals surface area contributed by atoms with E-state index in [9.17, 15) is 31.5 Å². The number of halogens is 5. The molecule has 0 bridgehead atoms. The fraction of sp³-hybridized carbons (Fsp3) is 0.773. The number of hydrogen-bond acceptors (Lipinski definition) is 8. The highest BCUT2D eigenvalue weighted by molar-refractivity contribution is 5.83. The third-order valence-corrected chi connectivity index (χ3v) is 7.11. The quantitative estimate of drug-likeness (QED) is 0.361. The number of carbonyl (C=O) groups excluding carboxylic acids is 1. The summed E-state index contributed by atoms with van der Waals surface area (Å²) in [4.78, 5) is 28.6. The van der Waals surface area contributed by atoms with Gasteiger partial charge in [-0.15, -0.1) is 0 Å². The number of amides is 1. The van der Waals surface area contributed by atoms with Gasteiger partial charge >= 0.3 is 6.18 Å². The summed E-state index contributed by atoms with van der Waals surface area (Å²) in [6, 6.07) is -1.41. The molecule has 4 N–H and O–H groups in total. The molecule has 208 valence electrons. The van der Waals surface area contributed by atoms with Crippen LogP contribution in [0, 0.1) is 0 Å². The van der Waals surface area contributed by atoms with Crippen LogP contribution in [0.1, 0.15) is 31.7 Å². The second-order valence-electron chi connectivity index (χ2n) is 9.71. The lowest BCUT2D eigenvalue weighted by Gasteiger charge is -2.43. The summed E-state index contributed by atoms with van der Waals surface area (Å²) in [5.41, 5.74) is -3.16. The molecule has 0 spiro atoms. The molecular weight excluding hydrogens is 505 g/mol. The smallest absolute Gasteiger partial charge is 0.378 e. The fourth-order valence-electron chi connectivity index (χ4n) is 5.16. The highest BCUT2D eigenvalue weighted by Gasteiger charge is 2.40. The Morgan fingerprint density at radius 1 is 1.14 bits per heavy atom. The molecule has 0 saturated carbocycles. The summed E-state index contributed by atoms with van der Waals surface area (Å²) in [5, 5.41) is 13.9. The van der Waals surface area contributed by atoms with Gasteiger partial charge in [0.1, 0.15) is 11.7 Å². The van der Waals surface area contributed by atoms with Crippen molar-refractivity contribution in [2.24, 2.45) is 0 Å². The molecule has 3 aliphatic rings. The molecule has 1 amide bonds. The average molecular weight is 538 g/mol. The Morgan fingerprint density at radius 3 is 2.49 bits per heavy atom. The summed E-state index contributed by atoms with van der Waals surface area (Å²) in [7, 11) is 0. The van der Waals surface area contributed by atoms with Crippen LogP contribution in [0.4, 0.5) is 27.6 Å². The lowest BCUT2D eigenvalue weighted by atomic mass is 10.0. The van der Waals surface area contributed by atoms with E-state index in [4.69, 9.17) is 4.74 Å². The lowest BCUT2D eigenvalue weighted by Crippen LogP contribution is -2.64. The van der Waals surface area contributed by atoms with Crippen molar-refractivity contribution >= 4 is 11.6 Å². The predicted octanol–water partition coefficient (Wildman–Crippen LogP) is 0.824. The maximum atomic E-state index is 13.2. The molecule has 15 heteroatoms. The molecule has 1 aromatic rings. The van der Waals surface area contributed by atoms with E-state index >= 15 is 0 Å². The number of nitrogens with zero attached hydrogens (tertiary/aromatic N) is 3. The molecule has 2 unspecified atom stereocenters. The molecule has 0 aromatic carbocycles. The first kappa shape index (κ1) is 27.7. The van der Waals surface area contributed by atoms with Gasteiger partial charge in [-0.1, -0.05) is 0 Å². The van der Waals surface area contributed by atoms with E-state index in [0.717, 1.165) is 32.1 Å². The third-order valence-electron chi connectivity index (χ3n) is 7.11. The number of piperidine rings is 1. The molecule has 3 fully saturated rings. The van der Waals surface area contributed by atoms with Crippen LogP contribution < -0.4 is 21.5 Å². The van der Waals surface area contributed by atoms with Gasteiger partial charge < -0.3 is 20.3 Å². The largest absolute Gasteiger partial charge is 0.423 e. The maximum absolute atomic E-state index is 13.2. The van der Waals surface area contributed by atoms with E-state index in [1.165, 1.54) is 0 Å². The lowest BCUT2D eigenvalue weighted by molar-refractivity contribution is -0.140. The van der Waals surface area contributed by atoms with Crippen LogP contribution in [-0.4, -0.2) is 102 Å². The first-order chi connectivity index (χ1) is 17.5. The van der Waals surface area contributed by atoms with Crippen molar-refractivity contribution < 1.29 is 31.5 Å². The Labute approximate surface area is 210 Å². The Balaban J connectivity index is 1.22. The normalized spacial score (nSPS) is 27.2. The van der Waals surface area contributed by atoms with Crippen molar-refractivity contribution in [3.63, 3.8) is 0 Å². The summed E-state index contributed by atoms with van der Waals surface area (Å²) >= 11 is 0. The van der Waals surface area contributed by atoms with E-state index in [-0.39, 0.29) is 31.3 Å². The van der Waals surface area contributed by atoms with Crippen LogP contribution in [-0.2, 0) is 15.7 Å². The second kappa shape index (κ2) is 11.6. The molecule has 10 nitrogen and oxygen atoms in total. The number of anilines is 1. The molecule has 4 rings (SSSR count). The highest BCUT2D eigenvalue weighted by atomic mass is 19.4. The molecule has 4 heterocycles. The molecule has 3 aliphatic heterocycles. The van der Waals surface area contributed by atoms with Gasteiger partial charge in [0, 0.05) is 51.2 Å². The minimum absolute atomic E-state index is 0.0245. The predicted molar refractivity (Wildman–Crippen MR) is 123 cm³/mol. The molecule has 1 aromatic heterocycles. The van der Waals surface area contributed by atoms with E-state index < -0.39 is 47.6 Å². The minimum atomic E-state index is -4.85. The zero-order chi connectivity index (χ0) is 26.7.